The van der Waals surface area contributed by atoms with E-state index in [1.165, 1.54) is 0 Å². The molecule has 2 aromatic rings. The molecular weight excluding hydrogens is 448 g/mol. The minimum atomic E-state index is -0.958. The molecule has 0 bridgehead atoms. The number of esters is 1. The van der Waals surface area contributed by atoms with Crippen LogP contribution in [0.5, 0.6) is 11.5 Å². The fraction of sp³-hybridized carbons (Fsp3) is 0.417. The first kappa shape index (κ1) is 25.9. The topological polar surface area (TPSA) is 82.1 Å². The van der Waals surface area contributed by atoms with Gasteiger partial charge in [-0.2, -0.15) is 0 Å². The van der Waals surface area contributed by atoms with Crippen molar-refractivity contribution in [2.75, 3.05) is 13.2 Å². The van der Waals surface area contributed by atoms with Crippen LogP contribution in [0.4, 0.5) is 0 Å². The summed E-state index contributed by atoms with van der Waals surface area (Å²) in [4.78, 5) is 25.0. The maximum atomic E-state index is 11.6. The van der Waals surface area contributed by atoms with Crippen molar-refractivity contribution in [3.63, 3.8) is 0 Å². The van der Waals surface area contributed by atoms with Gasteiger partial charge >= 0.3 is 11.9 Å². The monoisotopic (exact) mass is 478 g/mol. The number of aryl methyl sites for hydroxylation is 4. The van der Waals surface area contributed by atoms with Gasteiger partial charge in [0.05, 0.1) is 6.61 Å². The normalized spacial score (nSPS) is 11.7. The number of hydrogen-bond acceptors (Lipinski definition) is 7. The highest BCUT2D eigenvalue weighted by Gasteiger charge is 2.19. The van der Waals surface area contributed by atoms with Crippen LogP contribution in [0.25, 0.3) is 0 Å². The van der Waals surface area contributed by atoms with Crippen molar-refractivity contribution in [3.05, 3.63) is 46.5 Å². The Balaban J connectivity index is 2.08. The first-order chi connectivity index (χ1) is 15.2. The fourth-order valence-electron chi connectivity index (χ4n) is 3.21. The third-order valence-corrected chi connectivity index (χ3v) is 6.99. The standard InChI is InChI=1S/C24H30O6S2/c1-7-20(24(26)27)30-23-16(5)11-19(12-17(23)6)32-31-18-9-14(3)22(15(4)10-18)29-13-21(25)28-8-2/h9-12,20H,7-8,13H2,1-6H3,(H,26,27). The Morgan fingerprint density at radius 2 is 1.34 bits per heavy atom. The van der Waals surface area contributed by atoms with Crippen LogP contribution in [0.2, 0.25) is 0 Å². The summed E-state index contributed by atoms with van der Waals surface area (Å²) in [6, 6.07) is 8.07. The van der Waals surface area contributed by atoms with Gasteiger partial charge in [0.2, 0.25) is 0 Å². The minimum absolute atomic E-state index is 0.107. The van der Waals surface area contributed by atoms with Gasteiger partial charge in [-0.05, 0) is 87.6 Å². The van der Waals surface area contributed by atoms with Gasteiger partial charge in [-0.3, -0.25) is 0 Å². The lowest BCUT2D eigenvalue weighted by Gasteiger charge is -2.18. The Morgan fingerprint density at radius 3 is 1.75 bits per heavy atom. The first-order valence-corrected chi connectivity index (χ1v) is 12.6. The number of benzene rings is 2. The first-order valence-electron chi connectivity index (χ1n) is 10.4. The predicted octanol–water partition coefficient (Wildman–Crippen LogP) is 5.90. The van der Waals surface area contributed by atoms with E-state index in [-0.39, 0.29) is 12.6 Å². The zero-order valence-corrected chi connectivity index (χ0v) is 20.9. The smallest absolute Gasteiger partial charge is 0.344 e. The highest BCUT2D eigenvalue weighted by Crippen LogP contribution is 2.42. The molecule has 2 rings (SSSR count). The molecule has 8 heteroatoms. The number of carboxylic acid groups (broad SMARTS) is 1. The van der Waals surface area contributed by atoms with Crippen molar-refractivity contribution in [2.24, 2.45) is 0 Å². The molecular formula is C24H30O6S2. The van der Waals surface area contributed by atoms with Gasteiger partial charge in [-0.25, -0.2) is 9.59 Å². The third-order valence-electron chi connectivity index (χ3n) is 4.65. The van der Waals surface area contributed by atoms with Crippen molar-refractivity contribution >= 4 is 33.5 Å². The molecule has 1 N–H and O–H groups in total. The SMILES string of the molecule is CCOC(=O)COc1c(C)cc(SSc2cc(C)c(OC(CC)C(=O)O)c(C)c2)cc1C. The van der Waals surface area contributed by atoms with E-state index in [4.69, 9.17) is 14.2 Å². The largest absolute Gasteiger partial charge is 0.481 e. The zero-order valence-electron chi connectivity index (χ0n) is 19.3. The molecule has 0 saturated heterocycles. The molecule has 0 radical (unpaired) electrons. The molecule has 1 unspecified atom stereocenters. The predicted molar refractivity (Wildman–Crippen MR) is 128 cm³/mol. The summed E-state index contributed by atoms with van der Waals surface area (Å²) in [5.74, 6) is -0.0132. The molecule has 2 aromatic carbocycles. The summed E-state index contributed by atoms with van der Waals surface area (Å²) in [7, 11) is 3.24. The van der Waals surface area contributed by atoms with Crippen molar-refractivity contribution in [1.82, 2.24) is 0 Å². The maximum absolute atomic E-state index is 11.6. The number of ether oxygens (including phenoxy) is 3. The quantitative estimate of drug-likeness (QED) is 0.316. The number of carbonyl (C=O) groups is 2. The molecule has 1 atom stereocenters. The molecule has 0 heterocycles. The number of carbonyl (C=O) groups excluding carboxylic acids is 1. The summed E-state index contributed by atoms with van der Waals surface area (Å²) in [6.45, 7) is 11.5. The van der Waals surface area contributed by atoms with Gasteiger partial charge < -0.3 is 19.3 Å². The highest BCUT2D eigenvalue weighted by atomic mass is 33.1. The van der Waals surface area contributed by atoms with Crippen LogP contribution >= 0.6 is 21.6 Å². The molecule has 0 amide bonds. The van der Waals surface area contributed by atoms with Crippen molar-refractivity contribution in [2.45, 2.75) is 63.9 Å². The third kappa shape index (κ3) is 7.10. The minimum Gasteiger partial charge on any atom is -0.481 e. The molecule has 0 aromatic heterocycles. The van der Waals surface area contributed by atoms with E-state index in [0.29, 0.717) is 24.5 Å². The second kappa shape index (κ2) is 12.1. The highest BCUT2D eigenvalue weighted by molar-refractivity contribution is 8.76. The molecule has 0 saturated carbocycles. The van der Waals surface area contributed by atoms with Gasteiger partial charge in [0, 0.05) is 9.79 Å². The van der Waals surface area contributed by atoms with Crippen molar-refractivity contribution < 1.29 is 28.9 Å². The molecule has 0 aliphatic heterocycles. The van der Waals surface area contributed by atoms with Gasteiger partial charge in [-0.15, -0.1) is 0 Å². The second-order valence-electron chi connectivity index (χ2n) is 7.39. The summed E-state index contributed by atoms with van der Waals surface area (Å²) in [5, 5.41) is 9.27. The lowest BCUT2D eigenvalue weighted by atomic mass is 10.1. The van der Waals surface area contributed by atoms with E-state index in [1.807, 2.05) is 52.0 Å². The van der Waals surface area contributed by atoms with Crippen LogP contribution in [0.1, 0.15) is 42.5 Å². The number of aliphatic carboxylic acids is 1. The van der Waals surface area contributed by atoms with Crippen LogP contribution in [0, 0.1) is 27.7 Å². The van der Waals surface area contributed by atoms with Crippen LogP contribution in [-0.4, -0.2) is 36.4 Å². The van der Waals surface area contributed by atoms with E-state index in [2.05, 4.69) is 0 Å². The molecule has 6 nitrogen and oxygen atoms in total. The molecule has 0 spiro atoms. The molecule has 0 aliphatic carbocycles. The Kier molecular flexibility index (Phi) is 9.78. The van der Waals surface area contributed by atoms with Crippen LogP contribution in [0.3, 0.4) is 0 Å². The van der Waals surface area contributed by atoms with E-state index in [9.17, 15) is 14.7 Å². The van der Waals surface area contributed by atoms with E-state index in [0.717, 1.165) is 32.0 Å². The van der Waals surface area contributed by atoms with E-state index >= 15 is 0 Å². The zero-order chi connectivity index (χ0) is 23.8. The number of carboxylic acids is 1. The second-order valence-corrected chi connectivity index (χ2v) is 9.66. The lowest BCUT2D eigenvalue weighted by Crippen LogP contribution is -2.26. The molecule has 32 heavy (non-hydrogen) atoms. The fourth-order valence-corrected chi connectivity index (χ4v) is 5.46. The molecule has 0 aliphatic rings. The summed E-state index contributed by atoms with van der Waals surface area (Å²) >= 11 is 0. The average Bonchev–Trinajstić information content (AvgIpc) is 2.71. The Morgan fingerprint density at radius 1 is 0.875 bits per heavy atom. The van der Waals surface area contributed by atoms with Crippen molar-refractivity contribution in [3.8, 4) is 11.5 Å². The van der Waals surface area contributed by atoms with Crippen LogP contribution in [-0.2, 0) is 14.3 Å². The van der Waals surface area contributed by atoms with Crippen LogP contribution in [0.15, 0.2) is 34.1 Å². The Labute approximate surface area is 197 Å². The lowest BCUT2D eigenvalue weighted by molar-refractivity contribution is -0.146. The Bertz CT molecular complexity index is 927. The van der Waals surface area contributed by atoms with Gasteiger partial charge in [-0.1, -0.05) is 28.5 Å². The summed E-state index contributed by atoms with van der Waals surface area (Å²) in [5.41, 5.74) is 3.71. The molecule has 0 fully saturated rings. The van der Waals surface area contributed by atoms with E-state index in [1.54, 1.807) is 35.4 Å². The number of hydrogen-bond donors (Lipinski definition) is 1. The Hall–Kier alpha value is -2.32. The number of rotatable bonds is 11. The van der Waals surface area contributed by atoms with Crippen LogP contribution < -0.4 is 9.47 Å². The summed E-state index contributed by atoms with van der Waals surface area (Å²) < 4.78 is 16.3. The average molecular weight is 479 g/mol. The molecule has 174 valence electrons. The van der Waals surface area contributed by atoms with Gasteiger partial charge in [0.15, 0.2) is 12.7 Å². The van der Waals surface area contributed by atoms with Crippen molar-refractivity contribution in [1.29, 1.82) is 0 Å². The summed E-state index contributed by atoms with van der Waals surface area (Å²) in [6.07, 6.45) is -0.450. The maximum Gasteiger partial charge on any atom is 0.344 e. The van der Waals surface area contributed by atoms with Gasteiger partial charge in [0.25, 0.3) is 0 Å². The van der Waals surface area contributed by atoms with Gasteiger partial charge in [0.1, 0.15) is 11.5 Å². The van der Waals surface area contributed by atoms with E-state index < -0.39 is 12.1 Å².